The molecule has 0 radical (unpaired) electrons. The van der Waals surface area contributed by atoms with Crippen LogP contribution in [0.1, 0.15) is 28.4 Å². The van der Waals surface area contributed by atoms with Crippen LogP contribution in [0.25, 0.3) is 11.0 Å². The number of furan rings is 1. The van der Waals surface area contributed by atoms with Crippen molar-refractivity contribution in [3.8, 4) is 5.75 Å². The second kappa shape index (κ2) is 8.65. The molecule has 0 aliphatic heterocycles. The molecule has 2 aromatic carbocycles. The van der Waals surface area contributed by atoms with Crippen LogP contribution in [0.5, 0.6) is 5.75 Å². The monoisotopic (exact) mass is 389 g/mol. The summed E-state index contributed by atoms with van der Waals surface area (Å²) in [5.41, 5.74) is 3.16. The lowest BCUT2D eigenvalue weighted by Crippen LogP contribution is -2.24. The Bertz CT molecular complexity index is 1100. The van der Waals surface area contributed by atoms with E-state index in [1.54, 1.807) is 19.2 Å². The number of rotatable bonds is 8. The first kappa shape index (κ1) is 18.8. The summed E-state index contributed by atoms with van der Waals surface area (Å²) < 4.78 is 12.9. The lowest BCUT2D eigenvalue weighted by atomic mass is 10.2. The Balaban J connectivity index is 1.50. The first-order chi connectivity index (χ1) is 14.3. The number of carbonyl (C=O) groups is 1. The third kappa shape index (κ3) is 4.16. The maximum Gasteiger partial charge on any atom is 0.286 e. The predicted molar refractivity (Wildman–Crippen MR) is 111 cm³/mol. The second-order valence-electron chi connectivity index (χ2n) is 6.75. The first-order valence-corrected chi connectivity index (χ1v) is 9.64. The summed E-state index contributed by atoms with van der Waals surface area (Å²) in [4.78, 5) is 16.8. The molecule has 1 amide bonds. The molecule has 0 saturated carbocycles. The minimum Gasteiger partial charge on any atom is -0.496 e. The topological polar surface area (TPSA) is 69.3 Å². The van der Waals surface area contributed by atoms with Crippen LogP contribution in [0, 0.1) is 0 Å². The number of aromatic nitrogens is 2. The van der Waals surface area contributed by atoms with Gasteiger partial charge in [0.2, 0.25) is 0 Å². The van der Waals surface area contributed by atoms with E-state index in [0.29, 0.717) is 18.8 Å². The minimum absolute atomic E-state index is 0.197. The highest BCUT2D eigenvalue weighted by Gasteiger charge is 2.13. The molecule has 0 spiro atoms. The van der Waals surface area contributed by atoms with E-state index in [4.69, 9.17) is 14.1 Å². The van der Waals surface area contributed by atoms with Crippen molar-refractivity contribution in [3.05, 3.63) is 84.1 Å². The summed E-state index contributed by atoms with van der Waals surface area (Å²) in [7, 11) is 1.69. The number of methoxy groups -OCH3 is 1. The van der Waals surface area contributed by atoms with Gasteiger partial charge < -0.3 is 19.0 Å². The molecular weight excluding hydrogens is 366 g/mol. The SMILES string of the molecule is COc1ccccc1Cn1c(CCCNC(=O)c2ccco2)nc2ccccc21. The molecule has 4 aromatic rings. The van der Waals surface area contributed by atoms with E-state index < -0.39 is 0 Å². The van der Waals surface area contributed by atoms with E-state index in [1.165, 1.54) is 6.26 Å². The standard InChI is InChI=1S/C23H23N3O3/c1-28-20-11-5-2-8-17(20)16-26-19-10-4-3-9-18(19)25-22(26)13-6-14-24-23(27)21-12-7-15-29-21/h2-5,7-12,15H,6,13-14,16H2,1H3,(H,24,27). The Morgan fingerprint density at radius 3 is 2.76 bits per heavy atom. The fraction of sp³-hybridized carbons (Fsp3) is 0.217. The molecule has 6 heteroatoms. The van der Waals surface area contributed by atoms with Crippen molar-refractivity contribution in [1.82, 2.24) is 14.9 Å². The second-order valence-corrected chi connectivity index (χ2v) is 6.75. The summed E-state index contributed by atoms with van der Waals surface area (Å²) >= 11 is 0. The van der Waals surface area contributed by atoms with Gasteiger partial charge in [0.15, 0.2) is 5.76 Å². The van der Waals surface area contributed by atoms with Crippen LogP contribution in [-0.4, -0.2) is 29.1 Å². The number of benzene rings is 2. The number of aryl methyl sites for hydroxylation is 1. The van der Waals surface area contributed by atoms with E-state index >= 15 is 0 Å². The number of fused-ring (bicyclic) bond motifs is 1. The number of hydrogen-bond donors (Lipinski definition) is 1. The van der Waals surface area contributed by atoms with Gasteiger partial charge in [0.25, 0.3) is 5.91 Å². The highest BCUT2D eigenvalue weighted by Crippen LogP contribution is 2.23. The number of ether oxygens (including phenoxy) is 1. The molecule has 29 heavy (non-hydrogen) atoms. The Morgan fingerprint density at radius 1 is 1.10 bits per heavy atom. The highest BCUT2D eigenvalue weighted by atomic mass is 16.5. The maximum atomic E-state index is 12.0. The molecule has 148 valence electrons. The van der Waals surface area contributed by atoms with Gasteiger partial charge in [0.1, 0.15) is 11.6 Å². The Hall–Kier alpha value is -3.54. The van der Waals surface area contributed by atoms with Gasteiger partial charge in [-0.15, -0.1) is 0 Å². The molecule has 0 aliphatic rings. The number of nitrogens with zero attached hydrogens (tertiary/aromatic N) is 2. The van der Waals surface area contributed by atoms with Crippen molar-refractivity contribution in [3.63, 3.8) is 0 Å². The molecule has 2 aromatic heterocycles. The number of para-hydroxylation sites is 3. The largest absolute Gasteiger partial charge is 0.496 e. The van der Waals surface area contributed by atoms with E-state index in [9.17, 15) is 4.79 Å². The van der Waals surface area contributed by atoms with Gasteiger partial charge in [-0.2, -0.15) is 0 Å². The predicted octanol–water partition coefficient (Wildman–Crippen LogP) is 4.05. The Kier molecular flexibility index (Phi) is 5.61. The normalized spacial score (nSPS) is 10.9. The molecule has 0 saturated heterocycles. The molecule has 6 nitrogen and oxygen atoms in total. The fourth-order valence-corrected chi connectivity index (χ4v) is 3.44. The third-order valence-corrected chi connectivity index (χ3v) is 4.86. The number of hydrogen-bond acceptors (Lipinski definition) is 4. The molecular formula is C23H23N3O3. The molecule has 0 aliphatic carbocycles. The number of imidazole rings is 1. The highest BCUT2D eigenvalue weighted by molar-refractivity contribution is 5.91. The smallest absolute Gasteiger partial charge is 0.286 e. The molecule has 0 bridgehead atoms. The van der Waals surface area contributed by atoms with Crippen molar-refractivity contribution in [2.24, 2.45) is 0 Å². The molecule has 0 atom stereocenters. The van der Waals surface area contributed by atoms with Gasteiger partial charge in [0.05, 0.1) is 31.0 Å². The molecule has 1 N–H and O–H groups in total. The lowest BCUT2D eigenvalue weighted by molar-refractivity contribution is 0.0925. The van der Waals surface area contributed by atoms with Crippen LogP contribution in [0.3, 0.4) is 0 Å². The van der Waals surface area contributed by atoms with Crippen LogP contribution >= 0.6 is 0 Å². The van der Waals surface area contributed by atoms with Gasteiger partial charge in [-0.25, -0.2) is 4.98 Å². The third-order valence-electron chi connectivity index (χ3n) is 4.86. The van der Waals surface area contributed by atoms with E-state index in [0.717, 1.165) is 41.0 Å². The van der Waals surface area contributed by atoms with E-state index in [1.807, 2.05) is 36.4 Å². The average molecular weight is 389 g/mol. The van der Waals surface area contributed by atoms with E-state index in [2.05, 4.69) is 22.0 Å². The number of carbonyl (C=O) groups excluding carboxylic acids is 1. The van der Waals surface area contributed by atoms with Crippen LogP contribution in [-0.2, 0) is 13.0 Å². The van der Waals surface area contributed by atoms with E-state index in [-0.39, 0.29) is 5.91 Å². The summed E-state index contributed by atoms with van der Waals surface area (Å²) in [5.74, 6) is 1.98. The van der Waals surface area contributed by atoms with Gasteiger partial charge in [-0.3, -0.25) is 4.79 Å². The van der Waals surface area contributed by atoms with Gasteiger partial charge in [-0.1, -0.05) is 30.3 Å². The Labute approximate surface area is 169 Å². The molecule has 0 unspecified atom stereocenters. The van der Waals surface area contributed by atoms with Crippen molar-refractivity contribution in [2.45, 2.75) is 19.4 Å². The van der Waals surface area contributed by atoms with Crippen LogP contribution in [0.2, 0.25) is 0 Å². The van der Waals surface area contributed by atoms with Crippen molar-refractivity contribution < 1.29 is 13.9 Å². The van der Waals surface area contributed by atoms with Gasteiger partial charge in [0, 0.05) is 18.5 Å². The van der Waals surface area contributed by atoms with Crippen LogP contribution in [0.15, 0.2) is 71.3 Å². The summed E-state index contributed by atoms with van der Waals surface area (Å²) in [6, 6.07) is 19.5. The zero-order valence-electron chi connectivity index (χ0n) is 16.3. The molecule has 0 fully saturated rings. The van der Waals surface area contributed by atoms with Crippen LogP contribution in [0.4, 0.5) is 0 Å². The van der Waals surface area contributed by atoms with Crippen molar-refractivity contribution in [1.29, 1.82) is 0 Å². The lowest BCUT2D eigenvalue weighted by Gasteiger charge is -2.12. The molecule has 2 heterocycles. The average Bonchev–Trinajstić information content (AvgIpc) is 3.40. The van der Waals surface area contributed by atoms with Crippen molar-refractivity contribution in [2.75, 3.05) is 13.7 Å². The van der Waals surface area contributed by atoms with Crippen molar-refractivity contribution >= 4 is 16.9 Å². The van der Waals surface area contributed by atoms with Gasteiger partial charge >= 0.3 is 0 Å². The number of nitrogens with one attached hydrogen (secondary N) is 1. The van der Waals surface area contributed by atoms with Crippen LogP contribution < -0.4 is 10.1 Å². The summed E-state index contributed by atoms with van der Waals surface area (Å²) in [6.45, 7) is 1.23. The molecule has 4 rings (SSSR count). The zero-order valence-corrected chi connectivity index (χ0v) is 16.3. The first-order valence-electron chi connectivity index (χ1n) is 9.64. The number of amides is 1. The van der Waals surface area contributed by atoms with Gasteiger partial charge in [-0.05, 0) is 36.8 Å². The quantitative estimate of drug-likeness (QED) is 0.462. The zero-order chi connectivity index (χ0) is 20.1. The summed E-state index contributed by atoms with van der Waals surface area (Å²) in [6.07, 6.45) is 3.03. The maximum absolute atomic E-state index is 12.0. The summed E-state index contributed by atoms with van der Waals surface area (Å²) in [5, 5.41) is 2.89. The fourth-order valence-electron chi connectivity index (χ4n) is 3.44. The minimum atomic E-state index is -0.197. The Morgan fingerprint density at radius 2 is 1.93 bits per heavy atom.